The number of para-hydroxylation sites is 1. The maximum absolute atomic E-state index is 12.6. The van der Waals surface area contributed by atoms with Crippen LogP contribution in [0.3, 0.4) is 0 Å². The summed E-state index contributed by atoms with van der Waals surface area (Å²) in [4.78, 5) is 29.9. The fraction of sp³-hybridized carbons (Fsp3) is 0.450. The molecule has 0 aliphatic carbocycles. The number of anilines is 2. The van der Waals surface area contributed by atoms with Crippen LogP contribution in [0.5, 0.6) is 0 Å². The van der Waals surface area contributed by atoms with Crippen molar-refractivity contribution in [3.8, 4) is 0 Å². The molecule has 0 spiro atoms. The van der Waals surface area contributed by atoms with Crippen LogP contribution in [0.4, 0.5) is 16.2 Å². The molecule has 0 radical (unpaired) electrons. The minimum absolute atomic E-state index is 0.0587. The number of hydrogen-bond donors (Lipinski definition) is 1. The van der Waals surface area contributed by atoms with Gasteiger partial charge in [-0.3, -0.25) is 9.48 Å². The summed E-state index contributed by atoms with van der Waals surface area (Å²) in [7, 11) is 5.17. The molecule has 150 valence electrons. The topological polar surface area (TPSA) is 73.7 Å². The highest BCUT2D eigenvalue weighted by atomic mass is 16.2. The van der Waals surface area contributed by atoms with Crippen LogP contribution in [0.2, 0.25) is 0 Å². The van der Waals surface area contributed by atoms with Crippen molar-refractivity contribution >= 4 is 23.3 Å². The molecular weight excluding hydrogens is 356 g/mol. The van der Waals surface area contributed by atoms with Gasteiger partial charge in [-0.15, -0.1) is 0 Å². The van der Waals surface area contributed by atoms with Crippen molar-refractivity contribution in [3.05, 3.63) is 42.2 Å². The SMILES string of the molecule is CN(C)C(=O)Cn1cc(NC(=O)N(C)Cc2ccccc2N2CCCC2)cn1. The van der Waals surface area contributed by atoms with Crippen molar-refractivity contribution in [2.24, 2.45) is 0 Å². The molecule has 0 atom stereocenters. The van der Waals surface area contributed by atoms with Gasteiger partial charge in [-0.1, -0.05) is 18.2 Å². The number of urea groups is 1. The van der Waals surface area contributed by atoms with E-state index >= 15 is 0 Å². The Morgan fingerprint density at radius 2 is 1.86 bits per heavy atom. The zero-order valence-electron chi connectivity index (χ0n) is 16.8. The first kappa shape index (κ1) is 19.7. The minimum atomic E-state index is -0.213. The van der Waals surface area contributed by atoms with Crippen molar-refractivity contribution in [3.63, 3.8) is 0 Å². The highest BCUT2D eigenvalue weighted by molar-refractivity contribution is 5.89. The minimum Gasteiger partial charge on any atom is -0.371 e. The summed E-state index contributed by atoms with van der Waals surface area (Å²) < 4.78 is 1.51. The molecule has 1 aliphatic rings. The molecule has 2 aromatic rings. The molecule has 1 aliphatic heterocycles. The monoisotopic (exact) mass is 384 g/mol. The number of amides is 3. The van der Waals surface area contributed by atoms with E-state index in [9.17, 15) is 9.59 Å². The lowest BCUT2D eigenvalue weighted by atomic mass is 10.1. The third kappa shape index (κ3) is 4.82. The number of aromatic nitrogens is 2. The van der Waals surface area contributed by atoms with Gasteiger partial charge in [0.1, 0.15) is 6.54 Å². The quantitative estimate of drug-likeness (QED) is 0.829. The van der Waals surface area contributed by atoms with Crippen LogP contribution in [0, 0.1) is 0 Å². The van der Waals surface area contributed by atoms with Gasteiger partial charge >= 0.3 is 6.03 Å². The number of carbonyl (C=O) groups excluding carboxylic acids is 2. The Morgan fingerprint density at radius 3 is 2.57 bits per heavy atom. The van der Waals surface area contributed by atoms with Gasteiger partial charge in [0.15, 0.2) is 0 Å². The molecule has 0 saturated carbocycles. The number of nitrogens with one attached hydrogen (secondary N) is 1. The first-order chi connectivity index (χ1) is 13.4. The zero-order chi connectivity index (χ0) is 20.1. The Hall–Kier alpha value is -3.03. The first-order valence-electron chi connectivity index (χ1n) is 9.51. The van der Waals surface area contributed by atoms with E-state index in [2.05, 4.69) is 27.4 Å². The molecule has 1 saturated heterocycles. The lowest BCUT2D eigenvalue weighted by molar-refractivity contribution is -0.129. The summed E-state index contributed by atoms with van der Waals surface area (Å²) in [5.74, 6) is -0.0587. The third-order valence-corrected chi connectivity index (χ3v) is 4.87. The number of carbonyl (C=O) groups is 2. The number of nitrogens with zero attached hydrogens (tertiary/aromatic N) is 5. The van der Waals surface area contributed by atoms with E-state index in [4.69, 9.17) is 0 Å². The van der Waals surface area contributed by atoms with Crippen molar-refractivity contribution in [2.45, 2.75) is 25.9 Å². The van der Waals surface area contributed by atoms with E-state index in [1.54, 1.807) is 38.4 Å². The predicted molar refractivity (Wildman–Crippen MR) is 109 cm³/mol. The molecule has 8 nitrogen and oxygen atoms in total. The second-order valence-electron chi connectivity index (χ2n) is 7.32. The molecule has 3 amide bonds. The summed E-state index contributed by atoms with van der Waals surface area (Å²) in [6.45, 7) is 2.79. The molecule has 8 heteroatoms. The van der Waals surface area contributed by atoms with Gasteiger partial charge in [-0.05, 0) is 24.5 Å². The molecule has 0 unspecified atom stereocenters. The summed E-state index contributed by atoms with van der Waals surface area (Å²) in [5.41, 5.74) is 2.90. The van der Waals surface area contributed by atoms with Crippen LogP contribution in [-0.4, -0.2) is 65.8 Å². The fourth-order valence-corrected chi connectivity index (χ4v) is 3.25. The van der Waals surface area contributed by atoms with Gasteiger partial charge in [0.2, 0.25) is 5.91 Å². The van der Waals surface area contributed by atoms with Crippen molar-refractivity contribution in [1.29, 1.82) is 0 Å². The Bertz CT molecular complexity index is 826. The van der Waals surface area contributed by atoms with Gasteiger partial charge in [-0.2, -0.15) is 5.10 Å². The summed E-state index contributed by atoms with van der Waals surface area (Å²) in [6, 6.07) is 8.03. The third-order valence-electron chi connectivity index (χ3n) is 4.87. The average molecular weight is 384 g/mol. The highest BCUT2D eigenvalue weighted by Gasteiger charge is 2.18. The molecule has 1 fully saturated rings. The smallest absolute Gasteiger partial charge is 0.321 e. The predicted octanol–water partition coefficient (Wildman–Crippen LogP) is 2.24. The Balaban J connectivity index is 1.60. The average Bonchev–Trinajstić information content (AvgIpc) is 3.34. The number of rotatable bonds is 6. The second kappa shape index (κ2) is 8.77. The fourth-order valence-electron chi connectivity index (χ4n) is 3.25. The Morgan fingerprint density at radius 1 is 1.14 bits per heavy atom. The van der Waals surface area contributed by atoms with E-state index in [1.807, 2.05) is 12.1 Å². The first-order valence-corrected chi connectivity index (χ1v) is 9.51. The number of hydrogen-bond acceptors (Lipinski definition) is 4. The lowest BCUT2D eigenvalue weighted by Crippen LogP contribution is -2.31. The van der Waals surface area contributed by atoms with Crippen molar-refractivity contribution in [1.82, 2.24) is 19.6 Å². The summed E-state index contributed by atoms with van der Waals surface area (Å²) in [6.07, 6.45) is 5.63. The van der Waals surface area contributed by atoms with Crippen LogP contribution in [-0.2, 0) is 17.9 Å². The normalized spacial score (nSPS) is 13.5. The molecule has 1 aromatic carbocycles. The largest absolute Gasteiger partial charge is 0.371 e. The standard InChI is InChI=1S/C20H28N6O2/c1-23(2)19(27)15-26-14-17(12-21-26)22-20(28)24(3)13-16-8-4-5-9-18(16)25-10-6-7-11-25/h4-5,8-9,12,14H,6-7,10-11,13,15H2,1-3H3,(H,22,28). The van der Waals surface area contributed by atoms with E-state index in [1.165, 1.54) is 28.1 Å². The molecular formula is C20H28N6O2. The molecule has 3 rings (SSSR count). The summed E-state index contributed by atoms with van der Waals surface area (Å²) in [5, 5.41) is 6.97. The number of benzene rings is 1. The molecule has 1 N–H and O–H groups in total. The van der Waals surface area contributed by atoms with Gasteiger partial charge in [0.25, 0.3) is 0 Å². The van der Waals surface area contributed by atoms with Crippen LogP contribution in [0.15, 0.2) is 36.7 Å². The Kier molecular flexibility index (Phi) is 6.18. The van der Waals surface area contributed by atoms with E-state index in [-0.39, 0.29) is 18.5 Å². The van der Waals surface area contributed by atoms with E-state index in [0.717, 1.165) is 18.7 Å². The maximum Gasteiger partial charge on any atom is 0.321 e. The van der Waals surface area contributed by atoms with Crippen molar-refractivity contribution in [2.75, 3.05) is 44.4 Å². The molecule has 28 heavy (non-hydrogen) atoms. The second-order valence-corrected chi connectivity index (χ2v) is 7.32. The molecule has 1 aromatic heterocycles. The van der Waals surface area contributed by atoms with Crippen LogP contribution in [0.25, 0.3) is 0 Å². The molecule has 0 bridgehead atoms. The maximum atomic E-state index is 12.6. The van der Waals surface area contributed by atoms with Gasteiger partial charge in [0.05, 0.1) is 11.9 Å². The summed E-state index contributed by atoms with van der Waals surface area (Å²) >= 11 is 0. The van der Waals surface area contributed by atoms with E-state index < -0.39 is 0 Å². The van der Waals surface area contributed by atoms with Crippen LogP contribution >= 0.6 is 0 Å². The lowest BCUT2D eigenvalue weighted by Gasteiger charge is -2.24. The molecule has 2 heterocycles. The Labute approximate surface area is 165 Å². The van der Waals surface area contributed by atoms with Gasteiger partial charge in [-0.25, -0.2) is 4.79 Å². The zero-order valence-corrected chi connectivity index (χ0v) is 16.8. The van der Waals surface area contributed by atoms with Gasteiger partial charge in [0, 0.05) is 52.7 Å². The van der Waals surface area contributed by atoms with Crippen molar-refractivity contribution < 1.29 is 9.59 Å². The van der Waals surface area contributed by atoms with Crippen LogP contribution in [0.1, 0.15) is 18.4 Å². The van der Waals surface area contributed by atoms with Crippen LogP contribution < -0.4 is 10.2 Å². The number of likely N-dealkylation sites (N-methyl/N-ethyl adjacent to an activating group) is 1. The van der Waals surface area contributed by atoms with E-state index in [0.29, 0.717) is 12.2 Å². The van der Waals surface area contributed by atoms with Gasteiger partial charge < -0.3 is 20.0 Å². The highest BCUT2D eigenvalue weighted by Crippen LogP contribution is 2.25.